The standard InChI is InChI=1S/C22H30N4O4/c1-22(2,3)30-21(29)25-13-11-24(12-14-25)16-5-4-6-17-15(16)9-10-26(17)18-7-8-19(27)23-20(18)28/h4-6,18H,7-14H2,1-3H3,(H,23,27,28). The summed E-state index contributed by atoms with van der Waals surface area (Å²) < 4.78 is 5.49. The fourth-order valence-electron chi connectivity index (χ4n) is 4.50. The molecular formula is C22H30N4O4. The van der Waals surface area contributed by atoms with Gasteiger partial charge in [0.15, 0.2) is 0 Å². The number of anilines is 2. The van der Waals surface area contributed by atoms with Gasteiger partial charge in [0.25, 0.3) is 0 Å². The Morgan fingerprint density at radius 1 is 1.03 bits per heavy atom. The van der Waals surface area contributed by atoms with Crippen molar-refractivity contribution in [2.45, 2.75) is 51.7 Å². The number of piperidine rings is 1. The monoisotopic (exact) mass is 414 g/mol. The molecule has 2 saturated heterocycles. The smallest absolute Gasteiger partial charge is 0.410 e. The Hall–Kier alpha value is -2.77. The molecule has 1 unspecified atom stereocenters. The minimum atomic E-state index is -0.492. The van der Waals surface area contributed by atoms with Crippen molar-refractivity contribution < 1.29 is 19.1 Å². The molecule has 0 radical (unpaired) electrons. The highest BCUT2D eigenvalue weighted by Crippen LogP contribution is 2.38. The maximum Gasteiger partial charge on any atom is 0.410 e. The van der Waals surface area contributed by atoms with Crippen LogP contribution in [0.15, 0.2) is 18.2 Å². The normalized spacial score (nSPS) is 22.1. The summed E-state index contributed by atoms with van der Waals surface area (Å²) >= 11 is 0. The molecule has 0 aromatic heterocycles. The van der Waals surface area contributed by atoms with Gasteiger partial charge in [-0.1, -0.05) is 6.07 Å². The van der Waals surface area contributed by atoms with E-state index in [0.29, 0.717) is 25.9 Å². The lowest BCUT2D eigenvalue weighted by molar-refractivity contribution is -0.134. The lowest BCUT2D eigenvalue weighted by atomic mass is 10.0. The quantitative estimate of drug-likeness (QED) is 0.745. The highest BCUT2D eigenvalue weighted by Gasteiger charge is 2.36. The predicted octanol–water partition coefficient (Wildman–Crippen LogP) is 1.91. The Kier molecular flexibility index (Phi) is 5.34. The van der Waals surface area contributed by atoms with Crippen LogP contribution in [0.2, 0.25) is 0 Å². The average molecular weight is 415 g/mol. The molecule has 3 aliphatic rings. The Labute approximate surface area is 177 Å². The van der Waals surface area contributed by atoms with Crippen molar-refractivity contribution in [3.8, 4) is 0 Å². The molecule has 4 rings (SSSR count). The molecule has 1 N–H and O–H groups in total. The van der Waals surface area contributed by atoms with Gasteiger partial charge in [-0.3, -0.25) is 14.9 Å². The van der Waals surface area contributed by atoms with Crippen molar-refractivity contribution in [3.63, 3.8) is 0 Å². The van der Waals surface area contributed by atoms with Gasteiger partial charge in [-0.05, 0) is 45.7 Å². The predicted molar refractivity (Wildman–Crippen MR) is 114 cm³/mol. The van der Waals surface area contributed by atoms with Gasteiger partial charge in [0, 0.05) is 56.1 Å². The second kappa shape index (κ2) is 7.81. The number of hydrogen-bond donors (Lipinski definition) is 1. The largest absolute Gasteiger partial charge is 0.444 e. The molecule has 162 valence electrons. The van der Waals surface area contributed by atoms with E-state index in [2.05, 4.69) is 27.2 Å². The van der Waals surface area contributed by atoms with E-state index in [0.717, 1.165) is 31.7 Å². The minimum absolute atomic E-state index is 0.188. The van der Waals surface area contributed by atoms with Crippen LogP contribution in [0.4, 0.5) is 16.2 Å². The zero-order chi connectivity index (χ0) is 21.5. The van der Waals surface area contributed by atoms with Gasteiger partial charge >= 0.3 is 6.09 Å². The third-order valence-corrected chi connectivity index (χ3v) is 5.90. The Balaban J connectivity index is 1.45. The van der Waals surface area contributed by atoms with Crippen LogP contribution in [-0.2, 0) is 20.7 Å². The van der Waals surface area contributed by atoms with Crippen molar-refractivity contribution in [2.75, 3.05) is 42.5 Å². The van der Waals surface area contributed by atoms with E-state index in [9.17, 15) is 14.4 Å². The fourth-order valence-corrected chi connectivity index (χ4v) is 4.50. The first-order chi connectivity index (χ1) is 14.2. The maximum absolute atomic E-state index is 12.4. The van der Waals surface area contributed by atoms with Crippen LogP contribution in [0, 0.1) is 0 Å². The van der Waals surface area contributed by atoms with Crippen LogP contribution in [0.1, 0.15) is 39.2 Å². The van der Waals surface area contributed by atoms with E-state index in [4.69, 9.17) is 4.74 Å². The van der Waals surface area contributed by atoms with E-state index in [1.54, 1.807) is 4.90 Å². The van der Waals surface area contributed by atoms with E-state index >= 15 is 0 Å². The number of imide groups is 1. The van der Waals surface area contributed by atoms with Crippen LogP contribution < -0.4 is 15.1 Å². The maximum atomic E-state index is 12.4. The highest BCUT2D eigenvalue weighted by atomic mass is 16.6. The van der Waals surface area contributed by atoms with Gasteiger partial charge in [-0.25, -0.2) is 4.79 Å². The average Bonchev–Trinajstić information content (AvgIpc) is 3.11. The minimum Gasteiger partial charge on any atom is -0.444 e. The third kappa shape index (κ3) is 4.08. The van der Waals surface area contributed by atoms with E-state index < -0.39 is 5.60 Å². The molecule has 1 atom stereocenters. The van der Waals surface area contributed by atoms with E-state index in [1.807, 2.05) is 26.8 Å². The summed E-state index contributed by atoms with van der Waals surface area (Å²) in [7, 11) is 0. The highest BCUT2D eigenvalue weighted by molar-refractivity contribution is 6.02. The lowest BCUT2D eigenvalue weighted by Gasteiger charge is -2.37. The SMILES string of the molecule is CC(C)(C)OC(=O)N1CCN(c2cccc3c2CCN3C2CCC(=O)NC2=O)CC1. The number of rotatable bonds is 2. The summed E-state index contributed by atoms with van der Waals surface area (Å²) in [4.78, 5) is 42.4. The number of ether oxygens (including phenoxy) is 1. The second-order valence-electron chi connectivity index (χ2n) is 9.14. The summed E-state index contributed by atoms with van der Waals surface area (Å²) in [5, 5.41) is 2.47. The lowest BCUT2D eigenvalue weighted by Crippen LogP contribution is -2.52. The molecule has 8 nitrogen and oxygen atoms in total. The first-order valence-electron chi connectivity index (χ1n) is 10.7. The summed E-state index contributed by atoms with van der Waals surface area (Å²) in [6, 6.07) is 5.92. The van der Waals surface area contributed by atoms with Crippen molar-refractivity contribution >= 4 is 29.3 Å². The molecule has 0 saturated carbocycles. The van der Waals surface area contributed by atoms with E-state index in [-0.39, 0.29) is 23.9 Å². The summed E-state index contributed by atoms with van der Waals surface area (Å²) in [5.41, 5.74) is 3.00. The van der Waals surface area contributed by atoms with Gasteiger partial charge in [0.1, 0.15) is 11.6 Å². The van der Waals surface area contributed by atoms with Gasteiger partial charge in [0.05, 0.1) is 0 Å². The Bertz CT molecular complexity index is 855. The number of carbonyl (C=O) groups excluding carboxylic acids is 3. The summed E-state index contributed by atoms with van der Waals surface area (Å²) in [5.74, 6) is -0.386. The molecule has 3 amide bonds. The first-order valence-corrected chi connectivity index (χ1v) is 10.7. The van der Waals surface area contributed by atoms with Crippen LogP contribution in [0.5, 0.6) is 0 Å². The van der Waals surface area contributed by atoms with Crippen LogP contribution in [0.3, 0.4) is 0 Å². The van der Waals surface area contributed by atoms with Crippen molar-refractivity contribution in [1.29, 1.82) is 0 Å². The molecule has 30 heavy (non-hydrogen) atoms. The zero-order valence-corrected chi connectivity index (χ0v) is 17.9. The number of hydrogen-bond acceptors (Lipinski definition) is 6. The number of nitrogens with zero attached hydrogens (tertiary/aromatic N) is 3. The van der Waals surface area contributed by atoms with Gasteiger partial charge in [-0.15, -0.1) is 0 Å². The second-order valence-corrected chi connectivity index (χ2v) is 9.14. The summed E-state index contributed by atoms with van der Waals surface area (Å²) in [6.45, 7) is 9.14. The van der Waals surface area contributed by atoms with Crippen molar-refractivity contribution in [2.24, 2.45) is 0 Å². The Morgan fingerprint density at radius 2 is 1.73 bits per heavy atom. The topological polar surface area (TPSA) is 82.2 Å². The van der Waals surface area contributed by atoms with Crippen molar-refractivity contribution in [1.82, 2.24) is 10.2 Å². The fraction of sp³-hybridized carbons (Fsp3) is 0.591. The van der Waals surface area contributed by atoms with Crippen LogP contribution >= 0.6 is 0 Å². The van der Waals surface area contributed by atoms with E-state index in [1.165, 1.54) is 11.3 Å². The molecule has 3 aliphatic heterocycles. The molecule has 1 aromatic rings. The molecule has 1 aromatic carbocycles. The number of fused-ring (bicyclic) bond motifs is 1. The third-order valence-electron chi connectivity index (χ3n) is 5.90. The summed E-state index contributed by atoms with van der Waals surface area (Å²) in [6.07, 6.45) is 1.55. The van der Waals surface area contributed by atoms with Gasteiger partial charge in [0.2, 0.25) is 11.8 Å². The number of amides is 3. The molecule has 2 fully saturated rings. The van der Waals surface area contributed by atoms with Crippen LogP contribution in [0.25, 0.3) is 0 Å². The molecular weight excluding hydrogens is 384 g/mol. The molecule has 3 heterocycles. The zero-order valence-electron chi connectivity index (χ0n) is 17.9. The number of carbonyl (C=O) groups is 3. The number of benzene rings is 1. The van der Waals surface area contributed by atoms with Crippen LogP contribution in [-0.4, -0.2) is 67.2 Å². The first kappa shape index (κ1) is 20.5. The molecule has 8 heteroatoms. The Morgan fingerprint density at radius 3 is 2.40 bits per heavy atom. The molecule has 0 bridgehead atoms. The number of piperazine rings is 1. The van der Waals surface area contributed by atoms with Crippen molar-refractivity contribution in [3.05, 3.63) is 23.8 Å². The van der Waals surface area contributed by atoms with Gasteiger partial charge in [-0.2, -0.15) is 0 Å². The molecule has 0 spiro atoms. The number of nitrogens with one attached hydrogen (secondary N) is 1. The molecule has 0 aliphatic carbocycles. The van der Waals surface area contributed by atoms with Gasteiger partial charge < -0.3 is 19.4 Å².